The van der Waals surface area contributed by atoms with E-state index in [1.807, 2.05) is 37.4 Å². The van der Waals surface area contributed by atoms with Crippen LogP contribution in [0.2, 0.25) is 0 Å². The molecule has 124 valence electrons. The molecule has 5 heteroatoms. The summed E-state index contributed by atoms with van der Waals surface area (Å²) >= 11 is 1.61. The number of Topliss-reactive ketones (excluding diaryl/α,β-unsaturated/α-hetero) is 2. The van der Waals surface area contributed by atoms with E-state index in [1.54, 1.807) is 23.7 Å². The molecule has 0 aromatic carbocycles. The van der Waals surface area contributed by atoms with Gasteiger partial charge in [-0.2, -0.15) is 0 Å². The predicted molar refractivity (Wildman–Crippen MR) is 93.6 cm³/mol. The SMILES string of the molecule is CCC(=O)CCc1ccccn1.CCC(=O)CCc1nccs1. The van der Waals surface area contributed by atoms with Crippen molar-refractivity contribution in [1.82, 2.24) is 9.97 Å². The molecule has 2 heterocycles. The first kappa shape index (κ1) is 19.2. The highest BCUT2D eigenvalue weighted by Gasteiger charge is 2.00. The van der Waals surface area contributed by atoms with Gasteiger partial charge in [-0.1, -0.05) is 19.9 Å². The number of hydrogen-bond donors (Lipinski definition) is 0. The fourth-order valence-electron chi connectivity index (χ4n) is 1.79. The van der Waals surface area contributed by atoms with Crippen LogP contribution in [0, 0.1) is 0 Å². The molecule has 0 bridgehead atoms. The Morgan fingerprint density at radius 2 is 1.65 bits per heavy atom. The third-order valence-electron chi connectivity index (χ3n) is 3.28. The molecule has 0 aliphatic heterocycles. The highest BCUT2D eigenvalue weighted by molar-refractivity contribution is 7.09. The molecule has 0 aliphatic carbocycles. The summed E-state index contributed by atoms with van der Waals surface area (Å²) in [5, 5.41) is 3.00. The molecule has 2 aromatic heterocycles. The Bertz CT molecular complexity index is 568. The fourth-order valence-corrected chi connectivity index (χ4v) is 2.41. The Kier molecular flexibility index (Phi) is 9.71. The van der Waals surface area contributed by atoms with Crippen molar-refractivity contribution in [3.05, 3.63) is 46.7 Å². The van der Waals surface area contributed by atoms with E-state index in [-0.39, 0.29) is 0 Å². The molecule has 0 aliphatic rings. The Morgan fingerprint density at radius 3 is 2.17 bits per heavy atom. The maximum Gasteiger partial charge on any atom is 0.133 e. The zero-order valence-electron chi connectivity index (χ0n) is 13.8. The third kappa shape index (κ3) is 8.98. The van der Waals surface area contributed by atoms with Crippen molar-refractivity contribution in [1.29, 1.82) is 0 Å². The van der Waals surface area contributed by atoms with Gasteiger partial charge in [0.2, 0.25) is 0 Å². The highest BCUT2D eigenvalue weighted by atomic mass is 32.1. The average molecular weight is 332 g/mol. The van der Waals surface area contributed by atoms with E-state index in [1.165, 1.54) is 0 Å². The van der Waals surface area contributed by atoms with E-state index < -0.39 is 0 Å². The van der Waals surface area contributed by atoms with Crippen LogP contribution in [0.5, 0.6) is 0 Å². The van der Waals surface area contributed by atoms with Gasteiger partial charge in [-0.05, 0) is 18.6 Å². The van der Waals surface area contributed by atoms with Crippen LogP contribution in [-0.4, -0.2) is 21.5 Å². The zero-order valence-corrected chi connectivity index (χ0v) is 14.6. The number of ketones is 2. The molecule has 0 radical (unpaired) electrons. The van der Waals surface area contributed by atoms with Crippen molar-refractivity contribution in [3.63, 3.8) is 0 Å². The van der Waals surface area contributed by atoms with E-state index >= 15 is 0 Å². The van der Waals surface area contributed by atoms with Crippen LogP contribution in [0.3, 0.4) is 0 Å². The summed E-state index contributed by atoms with van der Waals surface area (Å²) in [6, 6.07) is 5.77. The van der Waals surface area contributed by atoms with E-state index in [9.17, 15) is 9.59 Å². The number of pyridine rings is 1. The number of nitrogens with zero attached hydrogens (tertiary/aromatic N) is 2. The van der Waals surface area contributed by atoms with Crippen LogP contribution in [-0.2, 0) is 22.4 Å². The second-order valence-corrected chi connectivity index (χ2v) is 6.01. The molecule has 0 spiro atoms. The lowest BCUT2D eigenvalue weighted by atomic mass is 10.1. The first-order chi connectivity index (χ1) is 11.2. The minimum Gasteiger partial charge on any atom is -0.300 e. The molecule has 0 saturated heterocycles. The average Bonchev–Trinajstić information content (AvgIpc) is 3.12. The predicted octanol–water partition coefficient (Wildman–Crippen LogP) is 4.05. The number of carbonyl (C=O) groups excluding carboxylic acids is 2. The first-order valence-electron chi connectivity index (χ1n) is 7.97. The number of carbonyl (C=O) groups is 2. The Morgan fingerprint density at radius 1 is 0.957 bits per heavy atom. The van der Waals surface area contributed by atoms with Crippen LogP contribution in [0.15, 0.2) is 36.0 Å². The molecule has 0 saturated carbocycles. The monoisotopic (exact) mass is 332 g/mol. The minimum atomic E-state index is 0.306. The summed E-state index contributed by atoms with van der Waals surface area (Å²) < 4.78 is 0. The van der Waals surface area contributed by atoms with E-state index in [0.717, 1.165) is 23.5 Å². The van der Waals surface area contributed by atoms with Crippen LogP contribution >= 0.6 is 11.3 Å². The normalized spacial score (nSPS) is 9.83. The van der Waals surface area contributed by atoms with E-state index in [4.69, 9.17) is 0 Å². The van der Waals surface area contributed by atoms with Crippen molar-refractivity contribution in [2.45, 2.75) is 52.4 Å². The molecular weight excluding hydrogens is 308 g/mol. The van der Waals surface area contributed by atoms with Gasteiger partial charge in [0.1, 0.15) is 11.6 Å². The van der Waals surface area contributed by atoms with Gasteiger partial charge in [-0.3, -0.25) is 14.6 Å². The molecule has 2 aromatic rings. The van der Waals surface area contributed by atoms with Gasteiger partial charge in [-0.15, -0.1) is 11.3 Å². The van der Waals surface area contributed by atoms with Gasteiger partial charge in [0.15, 0.2) is 0 Å². The molecule has 0 N–H and O–H groups in total. The van der Waals surface area contributed by atoms with Crippen LogP contribution in [0.1, 0.15) is 50.2 Å². The van der Waals surface area contributed by atoms with Crippen molar-refractivity contribution in [2.75, 3.05) is 0 Å². The molecule has 2 rings (SSSR count). The molecular formula is C18H24N2O2S. The van der Waals surface area contributed by atoms with E-state index in [2.05, 4.69) is 9.97 Å². The molecule has 23 heavy (non-hydrogen) atoms. The van der Waals surface area contributed by atoms with E-state index in [0.29, 0.717) is 37.2 Å². The van der Waals surface area contributed by atoms with Crippen LogP contribution < -0.4 is 0 Å². The molecule has 0 unspecified atom stereocenters. The van der Waals surface area contributed by atoms with Gasteiger partial charge in [-0.25, -0.2) is 4.98 Å². The van der Waals surface area contributed by atoms with Crippen molar-refractivity contribution < 1.29 is 9.59 Å². The highest BCUT2D eigenvalue weighted by Crippen LogP contribution is 2.07. The molecule has 0 atom stereocenters. The Balaban J connectivity index is 0.000000231. The van der Waals surface area contributed by atoms with Crippen LogP contribution in [0.4, 0.5) is 0 Å². The van der Waals surface area contributed by atoms with Gasteiger partial charge in [0.25, 0.3) is 0 Å². The summed E-state index contributed by atoms with van der Waals surface area (Å²) in [6.07, 6.45) is 7.65. The minimum absolute atomic E-state index is 0.306. The van der Waals surface area contributed by atoms with Gasteiger partial charge in [0.05, 0.1) is 5.01 Å². The number of rotatable bonds is 8. The number of hydrogen-bond acceptors (Lipinski definition) is 5. The fraction of sp³-hybridized carbons (Fsp3) is 0.444. The van der Waals surface area contributed by atoms with Gasteiger partial charge >= 0.3 is 0 Å². The standard InChI is InChI=1S/C10H13NO.C8H11NOS/c1-2-10(12)7-6-9-5-3-4-8-11-9;1-2-7(10)3-4-8-9-5-6-11-8/h3-5,8H,2,6-7H2,1H3;5-6H,2-4H2,1H3. The van der Waals surface area contributed by atoms with Crippen molar-refractivity contribution in [2.24, 2.45) is 0 Å². The molecule has 0 fully saturated rings. The number of aromatic nitrogens is 2. The zero-order chi connectivity index (χ0) is 16.9. The maximum atomic E-state index is 11.0. The molecule has 4 nitrogen and oxygen atoms in total. The summed E-state index contributed by atoms with van der Waals surface area (Å²) in [5.74, 6) is 0.626. The van der Waals surface area contributed by atoms with Gasteiger partial charge in [0, 0.05) is 55.6 Å². The molecule has 0 amide bonds. The smallest absolute Gasteiger partial charge is 0.133 e. The number of aryl methyl sites for hydroxylation is 2. The van der Waals surface area contributed by atoms with Gasteiger partial charge < -0.3 is 0 Å². The lowest BCUT2D eigenvalue weighted by molar-refractivity contribution is -0.119. The summed E-state index contributed by atoms with van der Waals surface area (Å²) in [6.45, 7) is 3.78. The third-order valence-corrected chi connectivity index (χ3v) is 4.12. The lowest BCUT2D eigenvalue weighted by Gasteiger charge is -1.97. The largest absolute Gasteiger partial charge is 0.300 e. The van der Waals surface area contributed by atoms with Crippen molar-refractivity contribution in [3.8, 4) is 0 Å². The van der Waals surface area contributed by atoms with Crippen LogP contribution in [0.25, 0.3) is 0 Å². The number of thiazole rings is 1. The summed E-state index contributed by atoms with van der Waals surface area (Å²) in [5.41, 5.74) is 0.999. The quantitative estimate of drug-likeness (QED) is 0.732. The Labute approximate surface area is 142 Å². The summed E-state index contributed by atoms with van der Waals surface area (Å²) in [7, 11) is 0. The maximum absolute atomic E-state index is 11.0. The second kappa shape index (κ2) is 11.7. The van der Waals surface area contributed by atoms with Crippen molar-refractivity contribution >= 4 is 22.9 Å². The topological polar surface area (TPSA) is 59.9 Å². The second-order valence-electron chi connectivity index (χ2n) is 5.03. The summed E-state index contributed by atoms with van der Waals surface area (Å²) in [4.78, 5) is 30.1. The first-order valence-corrected chi connectivity index (χ1v) is 8.85. The Hall–Kier alpha value is -1.88. The lowest BCUT2D eigenvalue weighted by Crippen LogP contribution is -1.98.